The molecule has 0 N–H and O–H groups in total. The van der Waals surface area contributed by atoms with E-state index in [9.17, 15) is 13.7 Å². The van der Waals surface area contributed by atoms with E-state index in [4.69, 9.17) is 9.47 Å². The van der Waals surface area contributed by atoms with Gasteiger partial charge >= 0.3 is 0 Å². The molecule has 1 fully saturated rings. The number of thiophene rings is 1. The first-order valence-corrected chi connectivity index (χ1v) is 10.5. The van der Waals surface area contributed by atoms with Crippen LogP contribution in [0.1, 0.15) is 10.9 Å². The zero-order valence-corrected chi connectivity index (χ0v) is 15.5. The van der Waals surface area contributed by atoms with Gasteiger partial charge in [0.1, 0.15) is 6.04 Å². The molecule has 1 aromatic heterocycles. The second-order valence-electron chi connectivity index (χ2n) is 6.00. The fraction of sp³-hybridized carbons (Fsp3) is 0.353. The Labute approximate surface area is 156 Å². The molecule has 0 amide bonds. The van der Waals surface area contributed by atoms with Crippen LogP contribution in [0.4, 0.5) is 0 Å². The Morgan fingerprint density at radius 1 is 1.12 bits per heavy atom. The maximum Gasteiger partial charge on any atom is 0.243 e. The number of sulfonamides is 1. The van der Waals surface area contributed by atoms with Gasteiger partial charge in [0.2, 0.25) is 16.8 Å². The number of fused-ring (bicyclic) bond motifs is 1. The molecule has 3 heterocycles. The molecule has 26 heavy (non-hydrogen) atoms. The van der Waals surface area contributed by atoms with Crippen LogP contribution in [-0.2, 0) is 10.0 Å². The predicted molar refractivity (Wildman–Crippen MR) is 95.6 cm³/mol. The van der Waals surface area contributed by atoms with Gasteiger partial charge in [0, 0.05) is 37.1 Å². The van der Waals surface area contributed by atoms with E-state index in [-0.39, 0.29) is 17.7 Å². The normalized spacial score (nSPS) is 19.2. The van der Waals surface area contributed by atoms with Crippen molar-refractivity contribution in [2.24, 2.45) is 0 Å². The zero-order chi connectivity index (χ0) is 18.1. The lowest BCUT2D eigenvalue weighted by atomic mass is 10.2. The summed E-state index contributed by atoms with van der Waals surface area (Å²) in [5.41, 5.74) is 0. The zero-order valence-electron chi connectivity index (χ0n) is 13.9. The van der Waals surface area contributed by atoms with E-state index in [2.05, 4.69) is 6.07 Å². The molecule has 0 bridgehead atoms. The minimum Gasteiger partial charge on any atom is -0.454 e. The smallest absolute Gasteiger partial charge is 0.243 e. The van der Waals surface area contributed by atoms with Crippen molar-refractivity contribution in [3.05, 3.63) is 40.6 Å². The average molecular weight is 391 g/mol. The predicted octanol–water partition coefficient (Wildman–Crippen LogP) is 2.05. The van der Waals surface area contributed by atoms with Gasteiger partial charge in [0.25, 0.3) is 0 Å². The number of rotatable bonds is 4. The number of ether oxygens (including phenoxy) is 2. The Balaban J connectivity index is 1.48. The van der Waals surface area contributed by atoms with E-state index in [1.807, 2.05) is 22.4 Å². The number of nitrogens with zero attached hydrogens (tertiary/aromatic N) is 3. The molecule has 4 rings (SSSR count). The summed E-state index contributed by atoms with van der Waals surface area (Å²) in [7, 11) is -3.60. The van der Waals surface area contributed by atoms with Gasteiger partial charge < -0.3 is 9.47 Å². The quantitative estimate of drug-likeness (QED) is 0.793. The van der Waals surface area contributed by atoms with Gasteiger partial charge in [-0.05, 0) is 23.6 Å². The highest BCUT2D eigenvalue weighted by Gasteiger charge is 2.32. The van der Waals surface area contributed by atoms with Gasteiger partial charge in [-0.3, -0.25) is 4.90 Å². The lowest BCUT2D eigenvalue weighted by Crippen LogP contribution is -2.49. The summed E-state index contributed by atoms with van der Waals surface area (Å²) < 4.78 is 37.8. The maximum absolute atomic E-state index is 12.9. The van der Waals surface area contributed by atoms with Gasteiger partial charge in [-0.15, -0.1) is 11.3 Å². The van der Waals surface area contributed by atoms with Crippen molar-refractivity contribution in [1.29, 1.82) is 5.26 Å². The fourth-order valence-corrected chi connectivity index (χ4v) is 5.40. The molecule has 1 aromatic carbocycles. The van der Waals surface area contributed by atoms with Crippen LogP contribution in [0.15, 0.2) is 40.6 Å². The largest absolute Gasteiger partial charge is 0.454 e. The van der Waals surface area contributed by atoms with E-state index in [1.54, 1.807) is 23.5 Å². The first-order chi connectivity index (χ1) is 12.6. The van der Waals surface area contributed by atoms with Gasteiger partial charge in [-0.2, -0.15) is 9.57 Å². The van der Waals surface area contributed by atoms with Gasteiger partial charge in [0.15, 0.2) is 11.5 Å². The van der Waals surface area contributed by atoms with Crippen molar-refractivity contribution < 1.29 is 17.9 Å². The highest BCUT2D eigenvalue weighted by Crippen LogP contribution is 2.35. The van der Waals surface area contributed by atoms with E-state index in [0.29, 0.717) is 37.7 Å². The van der Waals surface area contributed by atoms with E-state index < -0.39 is 10.0 Å². The van der Waals surface area contributed by atoms with Gasteiger partial charge in [-0.1, -0.05) is 6.07 Å². The van der Waals surface area contributed by atoms with Crippen molar-refractivity contribution in [3.8, 4) is 17.6 Å². The number of hydrogen-bond acceptors (Lipinski definition) is 7. The van der Waals surface area contributed by atoms with Crippen molar-refractivity contribution in [1.82, 2.24) is 9.21 Å². The monoisotopic (exact) mass is 391 g/mol. The topological polar surface area (TPSA) is 82.9 Å². The summed E-state index contributed by atoms with van der Waals surface area (Å²) in [6.45, 7) is 1.83. The molecular formula is C17H17N3O4S2. The van der Waals surface area contributed by atoms with Crippen LogP contribution in [-0.4, -0.2) is 50.6 Å². The molecule has 2 aliphatic rings. The van der Waals surface area contributed by atoms with Crippen molar-refractivity contribution >= 4 is 21.4 Å². The fourth-order valence-electron chi connectivity index (χ4n) is 3.16. The Hall–Kier alpha value is -2.12. The Kier molecular flexibility index (Phi) is 4.58. The third-order valence-electron chi connectivity index (χ3n) is 4.56. The van der Waals surface area contributed by atoms with Crippen molar-refractivity contribution in [2.75, 3.05) is 33.0 Å². The minimum atomic E-state index is -3.60. The lowest BCUT2D eigenvalue weighted by Gasteiger charge is -2.35. The number of piperazine rings is 1. The Bertz CT molecular complexity index is 929. The molecule has 0 aliphatic carbocycles. The molecule has 7 nitrogen and oxygen atoms in total. The molecule has 2 aliphatic heterocycles. The standard InChI is InChI=1S/C17H17N3O4S2/c18-11-14(17-2-1-9-25-17)19-5-7-20(8-6-19)26(21,22)13-3-4-15-16(10-13)24-12-23-15/h1-4,9-10,14H,5-8,12H2. The average Bonchev–Trinajstić information content (AvgIpc) is 3.34. The van der Waals surface area contributed by atoms with Gasteiger partial charge in [0.05, 0.1) is 11.0 Å². The first-order valence-electron chi connectivity index (χ1n) is 8.16. The molecule has 0 saturated carbocycles. The summed E-state index contributed by atoms with van der Waals surface area (Å²) in [4.78, 5) is 3.21. The molecule has 9 heteroatoms. The Morgan fingerprint density at radius 2 is 1.88 bits per heavy atom. The van der Waals surface area contributed by atoms with Crippen LogP contribution in [0.5, 0.6) is 11.5 Å². The van der Waals surface area contributed by atoms with Crippen LogP contribution < -0.4 is 9.47 Å². The minimum absolute atomic E-state index is 0.107. The lowest BCUT2D eigenvalue weighted by molar-refractivity contribution is 0.164. The first kappa shape index (κ1) is 17.3. The summed E-state index contributed by atoms with van der Waals surface area (Å²) in [6.07, 6.45) is 0. The molecule has 136 valence electrons. The molecular weight excluding hydrogens is 374 g/mol. The van der Waals surface area contributed by atoms with Gasteiger partial charge in [-0.25, -0.2) is 8.42 Å². The molecule has 0 radical (unpaired) electrons. The van der Waals surface area contributed by atoms with Crippen molar-refractivity contribution in [2.45, 2.75) is 10.9 Å². The summed E-state index contributed by atoms with van der Waals surface area (Å²) in [5, 5.41) is 11.4. The third-order valence-corrected chi connectivity index (χ3v) is 7.37. The highest BCUT2D eigenvalue weighted by atomic mass is 32.2. The SMILES string of the molecule is N#CC(c1cccs1)N1CCN(S(=O)(=O)c2ccc3c(c2)OCO3)CC1. The van der Waals surface area contributed by atoms with Crippen LogP contribution in [0, 0.1) is 11.3 Å². The Morgan fingerprint density at radius 3 is 2.58 bits per heavy atom. The third kappa shape index (κ3) is 3.05. The van der Waals surface area contributed by atoms with E-state index in [0.717, 1.165) is 4.88 Å². The van der Waals surface area contributed by atoms with E-state index >= 15 is 0 Å². The molecule has 1 atom stereocenters. The number of hydrogen-bond donors (Lipinski definition) is 0. The number of benzene rings is 1. The molecule has 1 unspecified atom stereocenters. The summed E-state index contributed by atoms with van der Waals surface area (Å²) in [6, 6.07) is 10.5. The van der Waals surface area contributed by atoms with Crippen LogP contribution in [0.2, 0.25) is 0 Å². The second kappa shape index (κ2) is 6.89. The summed E-state index contributed by atoms with van der Waals surface area (Å²) in [5.74, 6) is 1.01. The molecule has 1 saturated heterocycles. The van der Waals surface area contributed by atoms with Crippen LogP contribution in [0.25, 0.3) is 0 Å². The van der Waals surface area contributed by atoms with Crippen LogP contribution in [0.3, 0.4) is 0 Å². The maximum atomic E-state index is 12.9. The summed E-state index contributed by atoms with van der Waals surface area (Å²) >= 11 is 1.54. The molecule has 2 aromatic rings. The second-order valence-corrected chi connectivity index (χ2v) is 8.92. The highest BCUT2D eigenvalue weighted by molar-refractivity contribution is 7.89. The van der Waals surface area contributed by atoms with Crippen molar-refractivity contribution in [3.63, 3.8) is 0 Å². The number of nitriles is 1. The van der Waals surface area contributed by atoms with Crippen LogP contribution >= 0.6 is 11.3 Å². The van der Waals surface area contributed by atoms with E-state index in [1.165, 1.54) is 10.4 Å². The molecule has 0 spiro atoms.